The number of hydrogen-bond donors (Lipinski definition) is 3. The fourth-order valence-electron chi connectivity index (χ4n) is 2.02. The molecule has 10 nitrogen and oxygen atoms in total. The first kappa shape index (κ1) is 19.9. The normalized spacial score (nSPS) is 11.5. The van der Waals surface area contributed by atoms with Crippen molar-refractivity contribution in [3.8, 4) is 0 Å². The van der Waals surface area contributed by atoms with Gasteiger partial charge in [0.2, 0.25) is 0 Å². The predicted molar refractivity (Wildman–Crippen MR) is 89.0 cm³/mol. The Balaban J connectivity index is 3.05. The number of rotatable bonds is 7. The van der Waals surface area contributed by atoms with E-state index < -0.39 is 34.9 Å². The molecule has 0 aromatic heterocycles. The SMILES string of the molecule is CCNc1ccc(C(=O)O[C@@H](C(=O)NC(N)=O)C(C)C)cc1[N+](=O)[O-]. The number of hydrogen-bond acceptors (Lipinski definition) is 7. The molecule has 136 valence electrons. The number of nitrogens with zero attached hydrogens (tertiary/aromatic N) is 1. The molecule has 4 N–H and O–H groups in total. The molecular weight excluding hydrogens is 332 g/mol. The van der Waals surface area contributed by atoms with Crippen molar-refractivity contribution < 1.29 is 24.0 Å². The molecule has 0 spiro atoms. The summed E-state index contributed by atoms with van der Waals surface area (Å²) < 4.78 is 5.09. The largest absolute Gasteiger partial charge is 0.448 e. The van der Waals surface area contributed by atoms with Crippen LogP contribution in [0.5, 0.6) is 0 Å². The third kappa shape index (κ3) is 5.44. The zero-order chi connectivity index (χ0) is 19.1. The van der Waals surface area contributed by atoms with E-state index in [4.69, 9.17) is 10.5 Å². The van der Waals surface area contributed by atoms with Crippen LogP contribution in [0, 0.1) is 16.0 Å². The second-order valence-electron chi connectivity index (χ2n) is 5.44. The Morgan fingerprint density at radius 2 is 1.96 bits per heavy atom. The number of nitrogens with one attached hydrogen (secondary N) is 2. The van der Waals surface area contributed by atoms with E-state index in [9.17, 15) is 24.5 Å². The van der Waals surface area contributed by atoms with Gasteiger partial charge in [-0.2, -0.15) is 0 Å². The van der Waals surface area contributed by atoms with Gasteiger partial charge >= 0.3 is 12.0 Å². The number of ether oxygens (including phenoxy) is 1. The standard InChI is InChI=1S/C15H20N4O6/c1-4-17-10-6-5-9(7-11(10)19(23)24)14(21)25-12(8(2)3)13(20)18-15(16)22/h5-8,12,17H,4H2,1-3H3,(H3,16,18,20,22)/t12-/m1/s1. The second kappa shape index (κ2) is 8.62. The van der Waals surface area contributed by atoms with Gasteiger partial charge in [0.1, 0.15) is 5.69 Å². The number of urea groups is 1. The summed E-state index contributed by atoms with van der Waals surface area (Å²) in [6, 6.07) is 2.71. The molecule has 0 bridgehead atoms. The fourth-order valence-corrected chi connectivity index (χ4v) is 2.02. The van der Waals surface area contributed by atoms with Crippen LogP contribution in [0.2, 0.25) is 0 Å². The summed E-state index contributed by atoms with van der Waals surface area (Å²) in [4.78, 5) is 45.4. The monoisotopic (exact) mass is 352 g/mol. The van der Waals surface area contributed by atoms with E-state index in [1.54, 1.807) is 20.8 Å². The first-order valence-corrected chi connectivity index (χ1v) is 7.51. The smallest absolute Gasteiger partial charge is 0.339 e. The molecule has 0 aliphatic carbocycles. The third-order valence-corrected chi connectivity index (χ3v) is 3.14. The van der Waals surface area contributed by atoms with Gasteiger partial charge < -0.3 is 15.8 Å². The van der Waals surface area contributed by atoms with Crippen molar-refractivity contribution in [1.82, 2.24) is 5.32 Å². The van der Waals surface area contributed by atoms with E-state index in [1.807, 2.05) is 5.32 Å². The molecule has 0 unspecified atom stereocenters. The molecule has 0 fully saturated rings. The minimum Gasteiger partial charge on any atom is -0.448 e. The molecule has 0 saturated heterocycles. The van der Waals surface area contributed by atoms with Crippen molar-refractivity contribution in [3.05, 3.63) is 33.9 Å². The number of esters is 1. The number of nitro benzene ring substituents is 1. The van der Waals surface area contributed by atoms with Gasteiger partial charge in [-0.25, -0.2) is 9.59 Å². The van der Waals surface area contributed by atoms with Crippen molar-refractivity contribution in [3.63, 3.8) is 0 Å². The molecule has 1 atom stereocenters. The summed E-state index contributed by atoms with van der Waals surface area (Å²) in [7, 11) is 0. The van der Waals surface area contributed by atoms with Gasteiger partial charge in [0.15, 0.2) is 6.10 Å². The highest BCUT2D eigenvalue weighted by Crippen LogP contribution is 2.26. The van der Waals surface area contributed by atoms with E-state index in [0.717, 1.165) is 6.07 Å². The quantitative estimate of drug-likeness (QED) is 0.381. The molecule has 1 aromatic rings. The van der Waals surface area contributed by atoms with Gasteiger partial charge in [-0.05, 0) is 25.0 Å². The number of primary amides is 1. The number of nitro groups is 1. The van der Waals surface area contributed by atoms with E-state index in [0.29, 0.717) is 6.54 Å². The number of anilines is 1. The van der Waals surface area contributed by atoms with Gasteiger partial charge in [0, 0.05) is 12.6 Å². The molecule has 3 amide bonds. The van der Waals surface area contributed by atoms with Crippen LogP contribution in [0.3, 0.4) is 0 Å². The first-order chi connectivity index (χ1) is 11.7. The predicted octanol–water partition coefficient (Wildman–Crippen LogP) is 1.40. The van der Waals surface area contributed by atoms with Crippen LogP contribution in [-0.4, -0.2) is 35.5 Å². The van der Waals surface area contributed by atoms with Crippen LogP contribution in [0.1, 0.15) is 31.1 Å². The summed E-state index contributed by atoms with van der Waals surface area (Å²) in [6.45, 7) is 5.45. The maximum Gasteiger partial charge on any atom is 0.339 e. The molecule has 0 saturated carbocycles. The number of nitrogens with two attached hydrogens (primary N) is 1. The number of amides is 3. The lowest BCUT2D eigenvalue weighted by molar-refractivity contribution is -0.384. The van der Waals surface area contributed by atoms with Gasteiger partial charge in [0.05, 0.1) is 10.5 Å². The molecule has 0 aliphatic heterocycles. The Morgan fingerprint density at radius 1 is 1.32 bits per heavy atom. The molecule has 0 radical (unpaired) electrons. The van der Waals surface area contributed by atoms with E-state index in [2.05, 4.69) is 5.32 Å². The summed E-state index contributed by atoms with van der Waals surface area (Å²) in [6.07, 6.45) is -1.27. The number of benzene rings is 1. The topological polar surface area (TPSA) is 154 Å². The van der Waals surface area contributed by atoms with Crippen LogP contribution >= 0.6 is 0 Å². The Labute approximate surface area is 143 Å². The van der Waals surface area contributed by atoms with Gasteiger partial charge in [-0.3, -0.25) is 20.2 Å². The Kier molecular flexibility index (Phi) is 6.85. The molecule has 1 aromatic carbocycles. The highest BCUT2D eigenvalue weighted by molar-refractivity contribution is 5.98. The van der Waals surface area contributed by atoms with E-state index in [-0.39, 0.29) is 16.9 Å². The van der Waals surface area contributed by atoms with Crippen LogP contribution in [0.15, 0.2) is 18.2 Å². The van der Waals surface area contributed by atoms with Gasteiger partial charge in [0.25, 0.3) is 11.6 Å². The van der Waals surface area contributed by atoms with Gasteiger partial charge in [-0.15, -0.1) is 0 Å². The maximum atomic E-state index is 12.2. The van der Waals surface area contributed by atoms with Crippen LogP contribution in [0.4, 0.5) is 16.2 Å². The van der Waals surface area contributed by atoms with Crippen LogP contribution in [-0.2, 0) is 9.53 Å². The summed E-state index contributed by atoms with van der Waals surface area (Å²) in [5, 5.41) is 15.8. The lowest BCUT2D eigenvalue weighted by atomic mass is 10.1. The summed E-state index contributed by atoms with van der Waals surface area (Å²) in [5.41, 5.74) is 4.75. The third-order valence-electron chi connectivity index (χ3n) is 3.14. The molecule has 25 heavy (non-hydrogen) atoms. The highest BCUT2D eigenvalue weighted by Gasteiger charge is 2.28. The molecule has 0 aliphatic rings. The fraction of sp³-hybridized carbons (Fsp3) is 0.400. The van der Waals surface area contributed by atoms with Gasteiger partial charge in [-0.1, -0.05) is 13.8 Å². The Bertz CT molecular complexity index is 689. The second-order valence-corrected chi connectivity index (χ2v) is 5.44. The van der Waals surface area contributed by atoms with Crippen molar-refractivity contribution in [2.45, 2.75) is 26.9 Å². The van der Waals surface area contributed by atoms with Crippen molar-refractivity contribution in [2.75, 3.05) is 11.9 Å². The van der Waals surface area contributed by atoms with Crippen molar-refractivity contribution in [2.24, 2.45) is 11.7 Å². The molecule has 10 heteroatoms. The lowest BCUT2D eigenvalue weighted by Crippen LogP contribution is -2.45. The number of imide groups is 1. The summed E-state index contributed by atoms with van der Waals surface area (Å²) >= 11 is 0. The average molecular weight is 352 g/mol. The van der Waals surface area contributed by atoms with E-state index >= 15 is 0 Å². The van der Waals surface area contributed by atoms with Crippen LogP contribution < -0.4 is 16.4 Å². The lowest BCUT2D eigenvalue weighted by Gasteiger charge is -2.19. The average Bonchev–Trinajstić information content (AvgIpc) is 2.51. The summed E-state index contributed by atoms with van der Waals surface area (Å²) in [5.74, 6) is -2.24. The zero-order valence-electron chi connectivity index (χ0n) is 14.1. The number of carbonyl (C=O) groups excluding carboxylic acids is 3. The van der Waals surface area contributed by atoms with Crippen molar-refractivity contribution >= 4 is 29.3 Å². The molecule has 0 heterocycles. The zero-order valence-corrected chi connectivity index (χ0v) is 14.1. The first-order valence-electron chi connectivity index (χ1n) is 7.51. The molecular formula is C15H20N4O6. The minimum absolute atomic E-state index is 0.0918. The Morgan fingerprint density at radius 3 is 2.44 bits per heavy atom. The molecule has 1 rings (SSSR count). The van der Waals surface area contributed by atoms with E-state index in [1.165, 1.54) is 12.1 Å². The highest BCUT2D eigenvalue weighted by atomic mass is 16.6. The number of carbonyl (C=O) groups is 3. The van der Waals surface area contributed by atoms with Crippen LogP contribution in [0.25, 0.3) is 0 Å². The Hall–Kier alpha value is -3.17. The minimum atomic E-state index is -1.27. The maximum absolute atomic E-state index is 12.2. The van der Waals surface area contributed by atoms with Crippen molar-refractivity contribution in [1.29, 1.82) is 0 Å².